The molecule has 0 spiro atoms. The number of nitrogens with one attached hydrogen (secondary N) is 1. The Kier molecular flexibility index (Phi) is 3.88. The SMILES string of the molecule is Cc1nc(C)c(C(C)NCC2(C)CCCC2)s1. The highest BCUT2D eigenvalue weighted by Crippen LogP contribution is 2.37. The van der Waals surface area contributed by atoms with Gasteiger partial charge in [-0.3, -0.25) is 0 Å². The lowest BCUT2D eigenvalue weighted by molar-refractivity contribution is 0.302. The molecule has 0 bridgehead atoms. The fourth-order valence-corrected chi connectivity index (χ4v) is 3.80. The third-order valence-electron chi connectivity index (χ3n) is 3.98. The quantitative estimate of drug-likeness (QED) is 0.876. The van der Waals surface area contributed by atoms with Crippen molar-refractivity contribution < 1.29 is 0 Å². The number of hydrogen-bond acceptors (Lipinski definition) is 3. The average molecular weight is 252 g/mol. The molecule has 0 aliphatic heterocycles. The molecule has 1 unspecified atom stereocenters. The van der Waals surface area contributed by atoms with E-state index in [1.54, 1.807) is 0 Å². The zero-order valence-corrected chi connectivity index (χ0v) is 12.3. The second-order valence-electron chi connectivity index (χ2n) is 5.80. The van der Waals surface area contributed by atoms with E-state index in [4.69, 9.17) is 0 Å². The summed E-state index contributed by atoms with van der Waals surface area (Å²) in [7, 11) is 0. The molecule has 0 saturated heterocycles. The van der Waals surface area contributed by atoms with Crippen LogP contribution in [0.15, 0.2) is 0 Å². The van der Waals surface area contributed by atoms with Crippen LogP contribution in [0.2, 0.25) is 0 Å². The van der Waals surface area contributed by atoms with Gasteiger partial charge in [0.05, 0.1) is 10.7 Å². The molecule has 0 aromatic carbocycles. The highest BCUT2D eigenvalue weighted by atomic mass is 32.1. The third kappa shape index (κ3) is 3.08. The van der Waals surface area contributed by atoms with Gasteiger partial charge in [-0.15, -0.1) is 11.3 Å². The molecule has 0 amide bonds. The van der Waals surface area contributed by atoms with Crippen LogP contribution in [0, 0.1) is 19.3 Å². The van der Waals surface area contributed by atoms with Gasteiger partial charge >= 0.3 is 0 Å². The number of rotatable bonds is 4. The minimum Gasteiger partial charge on any atom is -0.309 e. The fraction of sp³-hybridized carbons (Fsp3) is 0.786. The van der Waals surface area contributed by atoms with Gasteiger partial charge in [-0.05, 0) is 39.0 Å². The maximum Gasteiger partial charge on any atom is 0.0900 e. The molecule has 1 saturated carbocycles. The molecule has 96 valence electrons. The summed E-state index contributed by atoms with van der Waals surface area (Å²) in [5, 5.41) is 4.88. The van der Waals surface area contributed by atoms with Crippen LogP contribution < -0.4 is 5.32 Å². The Morgan fingerprint density at radius 3 is 2.53 bits per heavy atom. The Hall–Kier alpha value is -0.410. The minimum absolute atomic E-state index is 0.443. The van der Waals surface area contributed by atoms with Gasteiger partial charge in [-0.25, -0.2) is 4.98 Å². The summed E-state index contributed by atoms with van der Waals surface area (Å²) in [6.45, 7) is 10.0. The summed E-state index contributed by atoms with van der Waals surface area (Å²) in [6.07, 6.45) is 5.58. The van der Waals surface area contributed by atoms with E-state index in [2.05, 4.69) is 38.0 Å². The van der Waals surface area contributed by atoms with Crippen LogP contribution in [0.25, 0.3) is 0 Å². The number of nitrogens with zero attached hydrogens (tertiary/aromatic N) is 1. The van der Waals surface area contributed by atoms with Gasteiger partial charge in [-0.1, -0.05) is 19.8 Å². The first-order valence-electron chi connectivity index (χ1n) is 6.67. The zero-order valence-electron chi connectivity index (χ0n) is 11.5. The van der Waals surface area contributed by atoms with E-state index in [0.29, 0.717) is 11.5 Å². The first-order valence-corrected chi connectivity index (χ1v) is 7.49. The summed E-state index contributed by atoms with van der Waals surface area (Å²) in [6, 6.07) is 0.443. The lowest BCUT2D eigenvalue weighted by Crippen LogP contribution is -2.31. The Morgan fingerprint density at radius 2 is 2.00 bits per heavy atom. The molecule has 1 atom stereocenters. The molecule has 1 aromatic rings. The Labute approximate surface area is 109 Å². The highest BCUT2D eigenvalue weighted by molar-refractivity contribution is 7.11. The number of thiazole rings is 1. The summed E-state index contributed by atoms with van der Waals surface area (Å²) in [4.78, 5) is 5.91. The topological polar surface area (TPSA) is 24.9 Å². The third-order valence-corrected chi connectivity index (χ3v) is 5.23. The van der Waals surface area contributed by atoms with Gasteiger partial charge < -0.3 is 5.32 Å². The molecular weight excluding hydrogens is 228 g/mol. The van der Waals surface area contributed by atoms with Crippen molar-refractivity contribution in [1.29, 1.82) is 0 Å². The number of hydrogen-bond donors (Lipinski definition) is 1. The molecular formula is C14H24N2S. The predicted octanol–water partition coefficient (Wildman–Crippen LogP) is 3.99. The van der Waals surface area contributed by atoms with Crippen LogP contribution in [-0.2, 0) is 0 Å². The fourth-order valence-electron chi connectivity index (χ4n) is 2.85. The second kappa shape index (κ2) is 5.07. The summed E-state index contributed by atoms with van der Waals surface area (Å²) in [5.74, 6) is 0. The van der Waals surface area contributed by atoms with E-state index in [1.807, 2.05) is 11.3 Å². The van der Waals surface area contributed by atoms with Gasteiger partial charge in [0, 0.05) is 17.5 Å². The summed E-state index contributed by atoms with van der Waals surface area (Å²) >= 11 is 1.83. The van der Waals surface area contributed by atoms with Crippen molar-refractivity contribution in [3.63, 3.8) is 0 Å². The van der Waals surface area contributed by atoms with E-state index in [9.17, 15) is 0 Å². The van der Waals surface area contributed by atoms with E-state index in [0.717, 1.165) is 6.54 Å². The predicted molar refractivity (Wildman–Crippen MR) is 74.6 cm³/mol. The lowest BCUT2D eigenvalue weighted by atomic mass is 9.88. The molecule has 17 heavy (non-hydrogen) atoms. The molecule has 2 rings (SSSR count). The maximum absolute atomic E-state index is 4.51. The van der Waals surface area contributed by atoms with Crippen LogP contribution in [0.5, 0.6) is 0 Å². The zero-order chi connectivity index (χ0) is 12.5. The first kappa shape index (κ1) is 13.0. The van der Waals surface area contributed by atoms with E-state index >= 15 is 0 Å². The highest BCUT2D eigenvalue weighted by Gasteiger charge is 2.29. The van der Waals surface area contributed by atoms with Gasteiger partial charge in [0.25, 0.3) is 0 Å². The molecule has 1 fully saturated rings. The van der Waals surface area contributed by atoms with Crippen molar-refractivity contribution in [1.82, 2.24) is 10.3 Å². The van der Waals surface area contributed by atoms with Crippen molar-refractivity contribution in [3.05, 3.63) is 15.6 Å². The molecule has 2 nitrogen and oxygen atoms in total. The van der Waals surface area contributed by atoms with Crippen LogP contribution in [0.4, 0.5) is 0 Å². The van der Waals surface area contributed by atoms with E-state index in [1.165, 1.54) is 41.3 Å². The molecule has 1 N–H and O–H groups in total. The van der Waals surface area contributed by atoms with Crippen LogP contribution in [0.1, 0.15) is 61.2 Å². The van der Waals surface area contributed by atoms with Crippen molar-refractivity contribution in [2.45, 2.75) is 59.4 Å². The van der Waals surface area contributed by atoms with Crippen LogP contribution in [-0.4, -0.2) is 11.5 Å². The van der Waals surface area contributed by atoms with Crippen LogP contribution >= 0.6 is 11.3 Å². The van der Waals surface area contributed by atoms with Crippen molar-refractivity contribution >= 4 is 11.3 Å². The maximum atomic E-state index is 4.51. The van der Waals surface area contributed by atoms with Crippen molar-refractivity contribution in [2.75, 3.05) is 6.54 Å². The number of aryl methyl sites for hydroxylation is 2. The van der Waals surface area contributed by atoms with Gasteiger partial charge in [0.1, 0.15) is 0 Å². The Balaban J connectivity index is 1.93. The lowest BCUT2D eigenvalue weighted by Gasteiger charge is -2.26. The molecule has 3 heteroatoms. The molecule has 0 radical (unpaired) electrons. The van der Waals surface area contributed by atoms with E-state index < -0.39 is 0 Å². The first-order chi connectivity index (χ1) is 8.00. The Morgan fingerprint density at radius 1 is 1.35 bits per heavy atom. The van der Waals surface area contributed by atoms with Gasteiger partial charge in [0.2, 0.25) is 0 Å². The summed E-state index contributed by atoms with van der Waals surface area (Å²) in [5.41, 5.74) is 1.73. The molecule has 1 heterocycles. The second-order valence-corrected chi connectivity index (χ2v) is 7.04. The minimum atomic E-state index is 0.443. The summed E-state index contributed by atoms with van der Waals surface area (Å²) < 4.78 is 0. The van der Waals surface area contributed by atoms with Crippen molar-refractivity contribution in [2.24, 2.45) is 5.41 Å². The number of aromatic nitrogens is 1. The normalized spacial score (nSPS) is 20.7. The van der Waals surface area contributed by atoms with Gasteiger partial charge in [0.15, 0.2) is 0 Å². The monoisotopic (exact) mass is 252 g/mol. The van der Waals surface area contributed by atoms with Crippen LogP contribution in [0.3, 0.4) is 0 Å². The smallest absolute Gasteiger partial charge is 0.0900 e. The van der Waals surface area contributed by atoms with Crippen molar-refractivity contribution in [3.8, 4) is 0 Å². The molecule has 1 aliphatic rings. The average Bonchev–Trinajstić information content (AvgIpc) is 2.83. The molecule has 1 aliphatic carbocycles. The Bertz CT molecular complexity index is 378. The molecule has 1 aromatic heterocycles. The largest absolute Gasteiger partial charge is 0.309 e. The van der Waals surface area contributed by atoms with E-state index in [-0.39, 0.29) is 0 Å². The standard InChI is InChI=1S/C14H24N2S/c1-10(13-11(2)16-12(3)17-13)15-9-14(4)7-5-6-8-14/h10,15H,5-9H2,1-4H3. The van der Waals surface area contributed by atoms with Gasteiger partial charge in [-0.2, -0.15) is 0 Å².